The van der Waals surface area contributed by atoms with Crippen molar-refractivity contribution in [2.75, 3.05) is 20.0 Å². The molecule has 7 nitrogen and oxygen atoms in total. The molecular weight excluding hydrogens is 252 g/mol. The molecular formula is C9H18O7S. The second-order valence-corrected chi connectivity index (χ2v) is 5.73. The summed E-state index contributed by atoms with van der Waals surface area (Å²) >= 11 is 0. The molecule has 0 radical (unpaired) electrons. The molecule has 1 aliphatic heterocycles. The summed E-state index contributed by atoms with van der Waals surface area (Å²) in [6.45, 7) is 0. The average Bonchev–Trinajstić information content (AvgIpc) is 2.30. The third kappa shape index (κ3) is 4.16. The minimum atomic E-state index is -3.54. The predicted octanol–water partition coefficient (Wildman–Crippen LogP) is -1.16. The lowest BCUT2D eigenvalue weighted by Gasteiger charge is -2.36. The van der Waals surface area contributed by atoms with Gasteiger partial charge < -0.3 is 19.7 Å². The van der Waals surface area contributed by atoms with Gasteiger partial charge in [-0.2, -0.15) is 8.42 Å². The van der Waals surface area contributed by atoms with Crippen LogP contribution in [-0.4, -0.2) is 63.2 Å². The van der Waals surface area contributed by atoms with E-state index in [0.717, 1.165) is 7.11 Å². The SMILES string of the molecule is CO[C@@H]1O[C@H](CCS(=O)(=O)OC)C[C@@H](O)[C@H]1O. The van der Waals surface area contributed by atoms with Crippen molar-refractivity contribution in [3.05, 3.63) is 0 Å². The minimum absolute atomic E-state index is 0.167. The van der Waals surface area contributed by atoms with E-state index in [0.29, 0.717) is 0 Å². The molecule has 0 amide bonds. The van der Waals surface area contributed by atoms with Crippen molar-refractivity contribution in [1.82, 2.24) is 0 Å². The standard InChI is InChI=1S/C9H18O7S/c1-14-9-8(11)7(10)5-6(16-9)3-4-17(12,13)15-2/h6-11H,3-5H2,1-2H3/t6-,7-,8-,9-/m1/s1. The molecule has 0 aromatic rings. The van der Waals surface area contributed by atoms with Gasteiger partial charge in [-0.25, -0.2) is 0 Å². The molecule has 0 aliphatic carbocycles. The van der Waals surface area contributed by atoms with Crippen molar-refractivity contribution in [2.24, 2.45) is 0 Å². The highest BCUT2D eigenvalue weighted by Gasteiger charge is 2.37. The first-order chi connectivity index (χ1) is 7.89. The van der Waals surface area contributed by atoms with Crippen molar-refractivity contribution in [3.8, 4) is 0 Å². The Labute approximate surface area is 100 Å². The van der Waals surface area contributed by atoms with Crippen LogP contribution < -0.4 is 0 Å². The van der Waals surface area contributed by atoms with Gasteiger partial charge in [0.2, 0.25) is 0 Å². The molecule has 8 heteroatoms. The van der Waals surface area contributed by atoms with Crippen LogP contribution in [0.25, 0.3) is 0 Å². The van der Waals surface area contributed by atoms with E-state index in [-0.39, 0.29) is 18.6 Å². The maximum Gasteiger partial charge on any atom is 0.267 e. The predicted molar refractivity (Wildman–Crippen MR) is 57.7 cm³/mol. The van der Waals surface area contributed by atoms with Gasteiger partial charge in [0.1, 0.15) is 6.10 Å². The maximum absolute atomic E-state index is 11.1. The highest BCUT2D eigenvalue weighted by Crippen LogP contribution is 2.23. The molecule has 0 unspecified atom stereocenters. The van der Waals surface area contributed by atoms with Gasteiger partial charge in [0.25, 0.3) is 10.1 Å². The molecule has 1 rings (SSSR count). The Balaban J connectivity index is 2.51. The molecule has 1 aliphatic rings. The van der Waals surface area contributed by atoms with Crippen LogP contribution in [0.3, 0.4) is 0 Å². The average molecular weight is 270 g/mol. The third-order valence-corrected chi connectivity index (χ3v) is 3.92. The maximum atomic E-state index is 11.1. The lowest BCUT2D eigenvalue weighted by Crippen LogP contribution is -2.49. The molecule has 1 fully saturated rings. The smallest absolute Gasteiger partial charge is 0.267 e. The number of aliphatic hydroxyl groups excluding tert-OH is 2. The summed E-state index contributed by atoms with van der Waals surface area (Å²) in [4.78, 5) is 0. The van der Waals surface area contributed by atoms with Gasteiger partial charge in [0, 0.05) is 13.5 Å². The van der Waals surface area contributed by atoms with Gasteiger partial charge in [-0.05, 0) is 6.42 Å². The van der Waals surface area contributed by atoms with Crippen LogP contribution in [0.2, 0.25) is 0 Å². The van der Waals surface area contributed by atoms with Crippen molar-refractivity contribution in [1.29, 1.82) is 0 Å². The molecule has 102 valence electrons. The minimum Gasteiger partial charge on any atom is -0.390 e. The third-order valence-electron chi connectivity index (χ3n) is 2.68. The van der Waals surface area contributed by atoms with E-state index >= 15 is 0 Å². The highest BCUT2D eigenvalue weighted by atomic mass is 32.2. The summed E-state index contributed by atoms with van der Waals surface area (Å²) in [5.41, 5.74) is 0. The molecule has 17 heavy (non-hydrogen) atoms. The van der Waals surface area contributed by atoms with E-state index in [9.17, 15) is 18.6 Å². The Hall–Kier alpha value is -0.250. The van der Waals surface area contributed by atoms with Gasteiger partial charge >= 0.3 is 0 Å². The van der Waals surface area contributed by atoms with Gasteiger partial charge in [-0.15, -0.1) is 0 Å². The van der Waals surface area contributed by atoms with Crippen molar-refractivity contribution in [2.45, 2.75) is 37.4 Å². The number of aliphatic hydroxyl groups is 2. The summed E-state index contributed by atoms with van der Waals surface area (Å²) in [6.07, 6.45) is -3.17. The van der Waals surface area contributed by atoms with Crippen LogP contribution >= 0.6 is 0 Å². The Morgan fingerprint density at radius 3 is 2.53 bits per heavy atom. The monoisotopic (exact) mass is 270 g/mol. The van der Waals surface area contributed by atoms with Crippen LogP contribution in [0.4, 0.5) is 0 Å². The van der Waals surface area contributed by atoms with Gasteiger partial charge in [-0.1, -0.05) is 0 Å². The van der Waals surface area contributed by atoms with E-state index < -0.39 is 34.7 Å². The zero-order chi connectivity index (χ0) is 13.1. The zero-order valence-corrected chi connectivity index (χ0v) is 10.6. The van der Waals surface area contributed by atoms with Gasteiger partial charge in [0.15, 0.2) is 6.29 Å². The van der Waals surface area contributed by atoms with Gasteiger partial charge in [0.05, 0.1) is 25.1 Å². The normalized spacial score (nSPS) is 34.8. The number of rotatable bonds is 5. The van der Waals surface area contributed by atoms with E-state index in [1.54, 1.807) is 0 Å². The topological polar surface area (TPSA) is 102 Å². The number of methoxy groups -OCH3 is 1. The lowest BCUT2D eigenvalue weighted by atomic mass is 10.0. The van der Waals surface area contributed by atoms with Crippen molar-refractivity contribution < 1.29 is 32.3 Å². The van der Waals surface area contributed by atoms with E-state index in [2.05, 4.69) is 4.18 Å². The first kappa shape index (κ1) is 14.8. The molecule has 1 saturated heterocycles. The van der Waals surface area contributed by atoms with Crippen LogP contribution in [0.15, 0.2) is 0 Å². The van der Waals surface area contributed by atoms with E-state index in [1.807, 2.05) is 0 Å². The molecule has 0 bridgehead atoms. The second-order valence-electron chi connectivity index (χ2n) is 3.87. The summed E-state index contributed by atoms with van der Waals surface area (Å²) < 4.78 is 36.7. The Bertz CT molecular complexity index is 328. The molecule has 2 N–H and O–H groups in total. The molecule has 1 heterocycles. The largest absolute Gasteiger partial charge is 0.390 e. The quantitative estimate of drug-likeness (QED) is 0.607. The van der Waals surface area contributed by atoms with Crippen LogP contribution in [0.1, 0.15) is 12.8 Å². The summed E-state index contributed by atoms with van der Waals surface area (Å²) in [7, 11) is -1.11. The number of hydrogen-bond donors (Lipinski definition) is 2. The summed E-state index contributed by atoms with van der Waals surface area (Å²) in [6, 6.07) is 0. The number of ether oxygens (including phenoxy) is 2. The highest BCUT2D eigenvalue weighted by molar-refractivity contribution is 7.86. The van der Waals surface area contributed by atoms with E-state index in [4.69, 9.17) is 9.47 Å². The molecule has 4 atom stereocenters. The van der Waals surface area contributed by atoms with Crippen LogP contribution in [-0.2, 0) is 23.8 Å². The summed E-state index contributed by atoms with van der Waals surface area (Å²) in [5.74, 6) is -0.201. The molecule has 0 spiro atoms. The van der Waals surface area contributed by atoms with Crippen LogP contribution in [0, 0.1) is 0 Å². The zero-order valence-electron chi connectivity index (χ0n) is 9.77. The first-order valence-corrected chi connectivity index (χ1v) is 6.80. The van der Waals surface area contributed by atoms with E-state index in [1.165, 1.54) is 7.11 Å². The Morgan fingerprint density at radius 2 is 2.00 bits per heavy atom. The lowest BCUT2D eigenvalue weighted by molar-refractivity contribution is -0.257. The summed E-state index contributed by atoms with van der Waals surface area (Å²) in [5, 5.41) is 19.0. The number of hydrogen-bond acceptors (Lipinski definition) is 7. The van der Waals surface area contributed by atoms with Crippen molar-refractivity contribution in [3.63, 3.8) is 0 Å². The molecule has 0 aromatic carbocycles. The Kier molecular flexibility index (Phi) is 5.29. The van der Waals surface area contributed by atoms with Crippen molar-refractivity contribution >= 4 is 10.1 Å². The fraction of sp³-hybridized carbons (Fsp3) is 1.00. The first-order valence-electron chi connectivity index (χ1n) is 5.22. The molecule has 0 aromatic heterocycles. The van der Waals surface area contributed by atoms with Crippen LogP contribution in [0.5, 0.6) is 0 Å². The van der Waals surface area contributed by atoms with Gasteiger partial charge in [-0.3, -0.25) is 4.18 Å². The second kappa shape index (κ2) is 6.07. The fourth-order valence-corrected chi connectivity index (χ4v) is 2.37. The molecule has 0 saturated carbocycles. The fourth-order valence-electron chi connectivity index (χ4n) is 1.66. The Morgan fingerprint density at radius 1 is 1.35 bits per heavy atom.